The highest BCUT2D eigenvalue weighted by molar-refractivity contribution is 5.76. The number of carboxylic acid groups (broad SMARTS) is 1. The average Bonchev–Trinajstić information content (AvgIpc) is 2.15. The largest absolute Gasteiger partial charge is 0.481 e. The van der Waals surface area contributed by atoms with E-state index in [1.807, 2.05) is 19.1 Å². The van der Waals surface area contributed by atoms with Crippen LogP contribution in [0.4, 0.5) is 0 Å². The first-order chi connectivity index (χ1) is 7.23. The molecule has 0 saturated heterocycles. The van der Waals surface area contributed by atoms with Crippen molar-refractivity contribution in [2.45, 2.75) is 46.0 Å². The Morgan fingerprint density at radius 1 is 1.31 bits per heavy atom. The van der Waals surface area contributed by atoms with Gasteiger partial charge < -0.3 is 5.11 Å². The zero-order valence-electron chi connectivity index (χ0n) is 10.7. The third-order valence-corrected chi connectivity index (χ3v) is 2.97. The molecule has 1 N–H and O–H groups in total. The lowest BCUT2D eigenvalue weighted by atomic mass is 9.84. The Hall–Kier alpha value is -1.31. The number of hydrogen-bond donors (Lipinski definition) is 1. The number of carboxylic acids is 1. The summed E-state index contributed by atoms with van der Waals surface area (Å²) in [5.74, 6) is -1.21. The van der Waals surface area contributed by atoms with Crippen LogP contribution in [-0.2, 0) is 10.2 Å². The second kappa shape index (κ2) is 4.28. The first-order valence-corrected chi connectivity index (χ1v) is 5.57. The summed E-state index contributed by atoms with van der Waals surface area (Å²) in [4.78, 5) is 10.9. The average molecular weight is 220 g/mol. The van der Waals surface area contributed by atoms with Gasteiger partial charge in [-0.3, -0.25) is 4.79 Å². The number of hydrogen-bond acceptors (Lipinski definition) is 1. The lowest BCUT2D eigenvalue weighted by Crippen LogP contribution is -2.13. The highest BCUT2D eigenvalue weighted by Crippen LogP contribution is 2.27. The van der Waals surface area contributed by atoms with E-state index in [0.29, 0.717) is 0 Å². The molecule has 1 unspecified atom stereocenters. The fourth-order valence-electron chi connectivity index (χ4n) is 1.76. The van der Waals surface area contributed by atoms with E-state index < -0.39 is 11.9 Å². The maximum atomic E-state index is 10.9. The van der Waals surface area contributed by atoms with Gasteiger partial charge in [0.15, 0.2) is 0 Å². The molecular weight excluding hydrogens is 200 g/mol. The fraction of sp³-hybridized carbons (Fsp3) is 0.500. The molecule has 0 heterocycles. The molecule has 0 spiro atoms. The number of rotatable bonds is 2. The molecule has 0 aliphatic carbocycles. The molecule has 0 aromatic heterocycles. The first kappa shape index (κ1) is 12.8. The molecule has 88 valence electrons. The van der Waals surface area contributed by atoms with Gasteiger partial charge in [0.1, 0.15) is 0 Å². The summed E-state index contributed by atoms with van der Waals surface area (Å²) in [6.07, 6.45) is 0. The van der Waals surface area contributed by atoms with Gasteiger partial charge in [-0.25, -0.2) is 0 Å². The molecule has 1 rings (SSSR count). The van der Waals surface area contributed by atoms with Gasteiger partial charge in [-0.05, 0) is 36.0 Å². The molecular formula is C14H20O2. The molecule has 0 aliphatic rings. The van der Waals surface area contributed by atoms with Gasteiger partial charge in [0, 0.05) is 0 Å². The molecule has 2 heteroatoms. The molecule has 0 saturated carbocycles. The predicted octanol–water partition coefficient (Wildman–Crippen LogP) is 3.48. The van der Waals surface area contributed by atoms with Crippen molar-refractivity contribution in [1.29, 1.82) is 0 Å². The van der Waals surface area contributed by atoms with E-state index >= 15 is 0 Å². The summed E-state index contributed by atoms with van der Waals surface area (Å²) >= 11 is 0. The van der Waals surface area contributed by atoms with Crippen LogP contribution >= 0.6 is 0 Å². The Bertz CT molecular complexity index is 400. The van der Waals surface area contributed by atoms with Crippen LogP contribution in [0.5, 0.6) is 0 Å². The van der Waals surface area contributed by atoms with Crippen LogP contribution in [0, 0.1) is 6.92 Å². The SMILES string of the molecule is Cc1cc(C(C)(C)C)ccc1C(C)C(=O)O. The molecule has 0 fully saturated rings. The van der Waals surface area contributed by atoms with E-state index in [0.717, 1.165) is 11.1 Å². The molecule has 0 aliphatic heterocycles. The zero-order chi connectivity index (χ0) is 12.5. The van der Waals surface area contributed by atoms with E-state index in [9.17, 15) is 4.79 Å². The second-order valence-electron chi connectivity index (χ2n) is 5.38. The lowest BCUT2D eigenvalue weighted by Gasteiger charge is -2.21. The van der Waals surface area contributed by atoms with Crippen LogP contribution in [0.25, 0.3) is 0 Å². The van der Waals surface area contributed by atoms with E-state index in [1.54, 1.807) is 6.92 Å². The summed E-state index contributed by atoms with van der Waals surface area (Å²) < 4.78 is 0. The van der Waals surface area contributed by atoms with Crippen LogP contribution in [0.2, 0.25) is 0 Å². The summed E-state index contributed by atoms with van der Waals surface area (Å²) in [6.45, 7) is 10.2. The van der Waals surface area contributed by atoms with Crippen LogP contribution < -0.4 is 0 Å². The molecule has 0 amide bonds. The van der Waals surface area contributed by atoms with Gasteiger partial charge in [-0.1, -0.05) is 39.0 Å². The number of benzene rings is 1. The third-order valence-electron chi connectivity index (χ3n) is 2.97. The monoisotopic (exact) mass is 220 g/mol. The molecule has 1 aromatic rings. The minimum atomic E-state index is -0.772. The van der Waals surface area contributed by atoms with E-state index in [1.165, 1.54) is 5.56 Å². The normalized spacial score (nSPS) is 13.6. The topological polar surface area (TPSA) is 37.3 Å². The van der Waals surface area contributed by atoms with Gasteiger partial charge in [-0.2, -0.15) is 0 Å². The molecule has 1 aromatic carbocycles. The maximum absolute atomic E-state index is 10.9. The summed E-state index contributed by atoms with van der Waals surface area (Å²) in [6, 6.07) is 6.06. The second-order valence-corrected chi connectivity index (χ2v) is 5.38. The van der Waals surface area contributed by atoms with Crippen molar-refractivity contribution in [3.63, 3.8) is 0 Å². The fourth-order valence-corrected chi connectivity index (χ4v) is 1.76. The van der Waals surface area contributed by atoms with E-state index in [2.05, 4.69) is 26.8 Å². The highest BCUT2D eigenvalue weighted by Gasteiger charge is 2.19. The predicted molar refractivity (Wildman–Crippen MR) is 65.9 cm³/mol. The number of carbonyl (C=O) groups is 1. The van der Waals surface area contributed by atoms with Gasteiger partial charge >= 0.3 is 5.97 Å². The first-order valence-electron chi connectivity index (χ1n) is 5.57. The van der Waals surface area contributed by atoms with Gasteiger partial charge in [0.05, 0.1) is 5.92 Å². The quantitative estimate of drug-likeness (QED) is 0.828. The van der Waals surface area contributed by atoms with Gasteiger partial charge in [0.25, 0.3) is 0 Å². The minimum absolute atomic E-state index is 0.107. The van der Waals surface area contributed by atoms with Crippen molar-refractivity contribution in [2.75, 3.05) is 0 Å². The van der Waals surface area contributed by atoms with Gasteiger partial charge in [0.2, 0.25) is 0 Å². The van der Waals surface area contributed by atoms with Crippen LogP contribution in [0.15, 0.2) is 18.2 Å². The number of aryl methyl sites for hydroxylation is 1. The summed E-state index contributed by atoms with van der Waals surface area (Å²) in [5, 5.41) is 8.99. The molecule has 0 radical (unpaired) electrons. The summed E-state index contributed by atoms with van der Waals surface area (Å²) in [5.41, 5.74) is 3.31. The minimum Gasteiger partial charge on any atom is -0.481 e. The van der Waals surface area contributed by atoms with Crippen molar-refractivity contribution >= 4 is 5.97 Å². The van der Waals surface area contributed by atoms with E-state index in [4.69, 9.17) is 5.11 Å². The van der Waals surface area contributed by atoms with Crippen molar-refractivity contribution in [2.24, 2.45) is 0 Å². The van der Waals surface area contributed by atoms with E-state index in [-0.39, 0.29) is 5.41 Å². The van der Waals surface area contributed by atoms with Gasteiger partial charge in [-0.15, -0.1) is 0 Å². The van der Waals surface area contributed by atoms with Crippen LogP contribution in [-0.4, -0.2) is 11.1 Å². The highest BCUT2D eigenvalue weighted by atomic mass is 16.4. The van der Waals surface area contributed by atoms with Crippen molar-refractivity contribution in [1.82, 2.24) is 0 Å². The van der Waals surface area contributed by atoms with Crippen molar-refractivity contribution in [3.8, 4) is 0 Å². The smallest absolute Gasteiger partial charge is 0.310 e. The zero-order valence-corrected chi connectivity index (χ0v) is 10.7. The van der Waals surface area contributed by atoms with Crippen LogP contribution in [0.1, 0.15) is 50.3 Å². The number of aliphatic carboxylic acids is 1. The molecule has 0 bridgehead atoms. The van der Waals surface area contributed by atoms with Crippen LogP contribution in [0.3, 0.4) is 0 Å². The molecule has 1 atom stereocenters. The van der Waals surface area contributed by atoms with Crippen molar-refractivity contribution < 1.29 is 9.90 Å². The Kier molecular flexibility index (Phi) is 3.41. The Labute approximate surface area is 97.3 Å². The molecule has 16 heavy (non-hydrogen) atoms. The third kappa shape index (κ3) is 2.63. The Morgan fingerprint density at radius 3 is 2.25 bits per heavy atom. The van der Waals surface area contributed by atoms with Crippen molar-refractivity contribution in [3.05, 3.63) is 34.9 Å². The molecule has 2 nitrogen and oxygen atoms in total. The Balaban J connectivity index is 3.15. The Morgan fingerprint density at radius 2 is 1.88 bits per heavy atom. The summed E-state index contributed by atoms with van der Waals surface area (Å²) in [7, 11) is 0. The standard InChI is InChI=1S/C14H20O2/c1-9-8-11(14(3,4)5)6-7-12(9)10(2)13(15)16/h6-8,10H,1-5H3,(H,15,16). The lowest BCUT2D eigenvalue weighted by molar-refractivity contribution is -0.138. The maximum Gasteiger partial charge on any atom is 0.310 e.